The second-order valence-electron chi connectivity index (χ2n) is 4.67. The Kier molecular flexibility index (Phi) is 4.65. The molecule has 7 heteroatoms. The van der Waals surface area contributed by atoms with E-state index in [1.54, 1.807) is 0 Å². The van der Waals surface area contributed by atoms with Crippen molar-refractivity contribution in [2.75, 3.05) is 13.2 Å². The van der Waals surface area contributed by atoms with Crippen LogP contribution in [0.3, 0.4) is 0 Å². The van der Waals surface area contributed by atoms with E-state index in [9.17, 15) is 0 Å². The molecule has 3 rings (SSSR count). The first-order valence-corrected chi connectivity index (χ1v) is 7.44. The fourth-order valence-electron chi connectivity index (χ4n) is 2.30. The standard InChI is InChI=1S/C13H16BNO4S/c14-20-13-9(6-15)17-12-10(18-13)7-16-11(19-12)8-4-2-1-3-5-8/h1-5,9-13H,6-7,15H2. The highest BCUT2D eigenvalue weighted by Gasteiger charge is 2.43. The minimum Gasteiger partial charge on any atom is -0.355 e. The van der Waals surface area contributed by atoms with E-state index in [0.717, 1.165) is 17.2 Å². The first kappa shape index (κ1) is 14.4. The molecule has 2 saturated heterocycles. The zero-order chi connectivity index (χ0) is 13.9. The van der Waals surface area contributed by atoms with Crippen molar-refractivity contribution in [2.45, 2.75) is 30.2 Å². The van der Waals surface area contributed by atoms with Gasteiger partial charge in [-0.1, -0.05) is 30.3 Å². The highest BCUT2D eigenvalue weighted by molar-refractivity contribution is 8.20. The van der Waals surface area contributed by atoms with Crippen LogP contribution >= 0.6 is 11.6 Å². The summed E-state index contributed by atoms with van der Waals surface area (Å²) in [6.07, 6.45) is -1.48. The Morgan fingerprint density at radius 1 is 1.20 bits per heavy atom. The summed E-state index contributed by atoms with van der Waals surface area (Å²) < 4.78 is 23.2. The predicted octanol–water partition coefficient (Wildman–Crippen LogP) is 0.944. The van der Waals surface area contributed by atoms with Gasteiger partial charge in [0.05, 0.1) is 6.61 Å². The van der Waals surface area contributed by atoms with Crippen LogP contribution in [0, 0.1) is 0 Å². The summed E-state index contributed by atoms with van der Waals surface area (Å²) in [5, 5.41) is 0. The van der Waals surface area contributed by atoms with Gasteiger partial charge >= 0.3 is 0 Å². The van der Waals surface area contributed by atoms with Gasteiger partial charge in [-0.05, 0) is 0 Å². The third-order valence-corrected chi connectivity index (χ3v) is 4.02. The molecule has 2 heterocycles. The van der Waals surface area contributed by atoms with Gasteiger partial charge in [-0.2, -0.15) is 11.6 Å². The lowest BCUT2D eigenvalue weighted by molar-refractivity contribution is -0.371. The van der Waals surface area contributed by atoms with E-state index >= 15 is 0 Å². The predicted molar refractivity (Wildman–Crippen MR) is 75.9 cm³/mol. The van der Waals surface area contributed by atoms with Crippen LogP contribution in [-0.4, -0.2) is 44.2 Å². The van der Waals surface area contributed by atoms with Crippen molar-refractivity contribution in [3.05, 3.63) is 35.9 Å². The zero-order valence-corrected chi connectivity index (χ0v) is 11.7. The SMILES string of the molecule is [B]SC1OC2COC(c3ccccc3)OC2OC1CN. The smallest absolute Gasteiger partial charge is 0.190 e. The van der Waals surface area contributed by atoms with Crippen LogP contribution < -0.4 is 5.73 Å². The van der Waals surface area contributed by atoms with E-state index in [0.29, 0.717) is 13.2 Å². The lowest BCUT2D eigenvalue weighted by Crippen LogP contribution is -2.55. The Morgan fingerprint density at radius 2 is 2.00 bits per heavy atom. The zero-order valence-electron chi connectivity index (χ0n) is 10.9. The van der Waals surface area contributed by atoms with Crippen LogP contribution in [-0.2, 0) is 18.9 Å². The average molecular weight is 293 g/mol. The summed E-state index contributed by atoms with van der Waals surface area (Å²) in [7, 11) is 5.58. The minimum absolute atomic E-state index is 0.277. The topological polar surface area (TPSA) is 62.9 Å². The molecule has 0 saturated carbocycles. The molecule has 0 amide bonds. The van der Waals surface area contributed by atoms with Crippen molar-refractivity contribution in [3.8, 4) is 0 Å². The van der Waals surface area contributed by atoms with Crippen LogP contribution in [0.5, 0.6) is 0 Å². The Hall–Kier alpha value is -0.565. The van der Waals surface area contributed by atoms with E-state index in [2.05, 4.69) is 0 Å². The number of hydrogen-bond donors (Lipinski definition) is 1. The number of benzene rings is 1. The number of fused-ring (bicyclic) bond motifs is 1. The molecule has 0 aliphatic carbocycles. The molecule has 0 spiro atoms. The Labute approximate surface area is 123 Å². The Balaban J connectivity index is 1.68. The van der Waals surface area contributed by atoms with Crippen LogP contribution in [0.4, 0.5) is 0 Å². The van der Waals surface area contributed by atoms with Crippen molar-refractivity contribution in [1.82, 2.24) is 0 Å². The van der Waals surface area contributed by atoms with Gasteiger partial charge in [-0.15, -0.1) is 0 Å². The monoisotopic (exact) mass is 293 g/mol. The second-order valence-corrected chi connectivity index (χ2v) is 5.41. The molecule has 106 valence electrons. The number of hydrogen-bond acceptors (Lipinski definition) is 6. The highest BCUT2D eigenvalue weighted by Crippen LogP contribution is 2.34. The molecule has 2 fully saturated rings. The molecular formula is C13H16BNO4S. The Morgan fingerprint density at radius 3 is 2.70 bits per heavy atom. The molecule has 1 aromatic carbocycles. The number of rotatable bonds is 3. The summed E-state index contributed by atoms with van der Waals surface area (Å²) in [4.78, 5) is 0. The average Bonchev–Trinajstić information content (AvgIpc) is 2.53. The maximum atomic E-state index is 5.84. The van der Waals surface area contributed by atoms with Crippen molar-refractivity contribution in [1.29, 1.82) is 0 Å². The quantitative estimate of drug-likeness (QED) is 0.837. The van der Waals surface area contributed by atoms with Gasteiger partial charge < -0.3 is 24.7 Å². The molecule has 5 unspecified atom stereocenters. The molecule has 5 atom stereocenters. The third kappa shape index (κ3) is 2.88. The van der Waals surface area contributed by atoms with E-state index in [1.165, 1.54) is 0 Å². The van der Waals surface area contributed by atoms with Gasteiger partial charge in [0.2, 0.25) is 0 Å². The van der Waals surface area contributed by atoms with Gasteiger partial charge in [0.25, 0.3) is 0 Å². The molecule has 2 aliphatic rings. The third-order valence-electron chi connectivity index (χ3n) is 3.33. The molecule has 2 aliphatic heterocycles. The maximum Gasteiger partial charge on any atom is 0.190 e. The van der Waals surface area contributed by atoms with Crippen LogP contribution in [0.2, 0.25) is 0 Å². The first-order chi connectivity index (χ1) is 9.81. The summed E-state index contributed by atoms with van der Waals surface area (Å²) in [5.41, 5.74) is 6.34. The fourth-order valence-corrected chi connectivity index (χ4v) is 2.86. The number of nitrogens with two attached hydrogens (primary N) is 1. The first-order valence-electron chi connectivity index (χ1n) is 6.50. The molecule has 2 N–H and O–H groups in total. The lowest BCUT2D eigenvalue weighted by Gasteiger charge is -2.44. The summed E-state index contributed by atoms with van der Waals surface area (Å²) >= 11 is 1.09. The lowest BCUT2D eigenvalue weighted by atomic mass is 10.2. The highest BCUT2D eigenvalue weighted by atomic mass is 32.2. The van der Waals surface area contributed by atoms with Crippen LogP contribution in [0.25, 0.3) is 0 Å². The van der Waals surface area contributed by atoms with Gasteiger partial charge in [-0.25, -0.2) is 0 Å². The van der Waals surface area contributed by atoms with Crippen molar-refractivity contribution in [2.24, 2.45) is 5.73 Å². The van der Waals surface area contributed by atoms with Gasteiger partial charge in [0, 0.05) is 12.1 Å². The largest absolute Gasteiger partial charge is 0.355 e. The summed E-state index contributed by atoms with van der Waals surface area (Å²) in [6.45, 7) is 0.733. The number of ether oxygens (including phenoxy) is 4. The molecule has 0 aromatic heterocycles. The molecule has 1 aromatic rings. The molecule has 0 bridgehead atoms. The van der Waals surface area contributed by atoms with Crippen molar-refractivity contribution in [3.63, 3.8) is 0 Å². The molecule has 20 heavy (non-hydrogen) atoms. The van der Waals surface area contributed by atoms with Gasteiger partial charge in [0.15, 0.2) is 19.7 Å². The minimum atomic E-state index is -0.481. The summed E-state index contributed by atoms with van der Waals surface area (Å²) in [6, 6.07) is 9.73. The summed E-state index contributed by atoms with van der Waals surface area (Å²) in [5.74, 6) is 0. The van der Waals surface area contributed by atoms with E-state index in [4.69, 9.17) is 31.8 Å². The van der Waals surface area contributed by atoms with Gasteiger partial charge in [-0.3, -0.25) is 0 Å². The molecular weight excluding hydrogens is 277 g/mol. The van der Waals surface area contributed by atoms with Crippen molar-refractivity contribution >= 4 is 18.7 Å². The maximum absolute atomic E-state index is 5.84. The Bertz CT molecular complexity index is 438. The normalized spacial score (nSPS) is 37.4. The van der Waals surface area contributed by atoms with E-state index in [-0.39, 0.29) is 17.6 Å². The van der Waals surface area contributed by atoms with E-state index in [1.807, 2.05) is 30.3 Å². The molecule has 2 radical (unpaired) electrons. The fraction of sp³-hybridized carbons (Fsp3) is 0.538. The van der Waals surface area contributed by atoms with E-state index < -0.39 is 12.6 Å². The second kappa shape index (κ2) is 6.47. The van der Waals surface area contributed by atoms with Crippen LogP contribution in [0.15, 0.2) is 30.3 Å². The van der Waals surface area contributed by atoms with Crippen LogP contribution in [0.1, 0.15) is 11.9 Å². The molecule has 5 nitrogen and oxygen atoms in total. The van der Waals surface area contributed by atoms with Gasteiger partial charge in [0.1, 0.15) is 17.6 Å². The van der Waals surface area contributed by atoms with Crippen molar-refractivity contribution < 1.29 is 18.9 Å².